The van der Waals surface area contributed by atoms with Gasteiger partial charge in [-0.3, -0.25) is 10.1 Å². The summed E-state index contributed by atoms with van der Waals surface area (Å²) in [6.45, 7) is 4.94. The van der Waals surface area contributed by atoms with Crippen LogP contribution in [-0.2, 0) is 4.74 Å². The predicted octanol–water partition coefficient (Wildman–Crippen LogP) is 3.08. The Bertz CT molecular complexity index is 566. The average molecular weight is 289 g/mol. The van der Waals surface area contributed by atoms with Crippen LogP contribution in [0.1, 0.15) is 32.3 Å². The summed E-state index contributed by atoms with van der Waals surface area (Å²) in [7, 11) is 0. The number of nitriles is 1. The van der Waals surface area contributed by atoms with Crippen molar-refractivity contribution >= 4 is 11.4 Å². The largest absolute Gasteiger partial charge is 0.381 e. The number of ether oxygens (including phenoxy) is 1. The number of hydrogen-bond acceptors (Lipinski definition) is 5. The van der Waals surface area contributed by atoms with E-state index in [2.05, 4.69) is 19.2 Å². The molecule has 112 valence electrons. The molecule has 0 aromatic heterocycles. The van der Waals surface area contributed by atoms with Crippen molar-refractivity contribution in [3.8, 4) is 6.07 Å². The summed E-state index contributed by atoms with van der Waals surface area (Å²) >= 11 is 0. The Labute approximate surface area is 123 Å². The van der Waals surface area contributed by atoms with Gasteiger partial charge in [-0.2, -0.15) is 5.26 Å². The summed E-state index contributed by atoms with van der Waals surface area (Å²) in [5, 5.41) is 23.2. The molecule has 1 heterocycles. The van der Waals surface area contributed by atoms with E-state index in [1.165, 1.54) is 12.1 Å². The van der Waals surface area contributed by atoms with E-state index in [0.717, 1.165) is 12.8 Å². The van der Waals surface area contributed by atoms with Crippen LogP contribution in [0.4, 0.5) is 11.4 Å². The first-order chi connectivity index (χ1) is 10.0. The first-order valence-corrected chi connectivity index (χ1v) is 7.08. The van der Waals surface area contributed by atoms with E-state index in [-0.39, 0.29) is 17.8 Å². The summed E-state index contributed by atoms with van der Waals surface area (Å²) in [6, 6.07) is 6.57. The fourth-order valence-electron chi connectivity index (χ4n) is 2.51. The second-order valence-electron chi connectivity index (χ2n) is 5.62. The van der Waals surface area contributed by atoms with Crippen molar-refractivity contribution in [2.45, 2.75) is 38.8 Å². The first-order valence-electron chi connectivity index (χ1n) is 7.08. The molecule has 6 nitrogen and oxygen atoms in total. The molecule has 0 amide bonds. The van der Waals surface area contributed by atoms with Crippen LogP contribution in [0.3, 0.4) is 0 Å². The maximum absolute atomic E-state index is 10.7. The lowest BCUT2D eigenvalue weighted by atomic mass is 9.95. The van der Waals surface area contributed by atoms with Crippen molar-refractivity contribution in [3.05, 3.63) is 33.9 Å². The van der Waals surface area contributed by atoms with Crippen molar-refractivity contribution in [1.82, 2.24) is 0 Å². The summed E-state index contributed by atoms with van der Waals surface area (Å²) in [5.41, 5.74) is 0.887. The van der Waals surface area contributed by atoms with Gasteiger partial charge in [0.1, 0.15) is 6.07 Å². The van der Waals surface area contributed by atoms with Gasteiger partial charge in [0.2, 0.25) is 0 Å². The van der Waals surface area contributed by atoms with E-state index in [4.69, 9.17) is 10.00 Å². The molecule has 0 bridgehead atoms. The number of nitro groups is 1. The summed E-state index contributed by atoms with van der Waals surface area (Å²) in [5.74, 6) is 0.446. The van der Waals surface area contributed by atoms with Crippen molar-refractivity contribution in [2.24, 2.45) is 5.92 Å². The highest BCUT2D eigenvalue weighted by atomic mass is 16.6. The van der Waals surface area contributed by atoms with Crippen LogP contribution in [0.5, 0.6) is 0 Å². The van der Waals surface area contributed by atoms with Crippen molar-refractivity contribution in [3.63, 3.8) is 0 Å². The van der Waals surface area contributed by atoms with Crippen LogP contribution >= 0.6 is 0 Å². The highest BCUT2D eigenvalue weighted by molar-refractivity contribution is 5.61. The number of hydrogen-bond donors (Lipinski definition) is 1. The Kier molecular flexibility index (Phi) is 4.76. The molecule has 1 aromatic carbocycles. The molecule has 1 aromatic rings. The third-order valence-electron chi connectivity index (χ3n) is 3.75. The smallest absolute Gasteiger partial charge is 0.270 e. The van der Waals surface area contributed by atoms with Gasteiger partial charge in [0.25, 0.3) is 5.69 Å². The molecule has 2 rings (SSSR count). The fourth-order valence-corrected chi connectivity index (χ4v) is 2.51. The maximum atomic E-state index is 10.7. The molecule has 0 saturated carbocycles. The lowest BCUT2D eigenvalue weighted by Gasteiger charge is -2.33. The van der Waals surface area contributed by atoms with Crippen molar-refractivity contribution in [2.75, 3.05) is 11.9 Å². The Morgan fingerprint density at radius 2 is 2.29 bits per heavy atom. The number of non-ortho nitro benzene ring substituents is 1. The molecule has 6 heteroatoms. The van der Waals surface area contributed by atoms with Gasteiger partial charge in [0, 0.05) is 24.8 Å². The van der Waals surface area contributed by atoms with Gasteiger partial charge in [0.05, 0.1) is 22.3 Å². The van der Waals surface area contributed by atoms with E-state index in [0.29, 0.717) is 23.8 Å². The lowest BCUT2D eigenvalue weighted by molar-refractivity contribution is -0.384. The highest BCUT2D eigenvalue weighted by Gasteiger charge is 2.25. The molecular formula is C15H19N3O3. The molecule has 1 aliphatic rings. The molecule has 2 atom stereocenters. The van der Waals surface area contributed by atoms with Gasteiger partial charge in [-0.15, -0.1) is 0 Å². The van der Waals surface area contributed by atoms with Crippen LogP contribution in [0.25, 0.3) is 0 Å². The quantitative estimate of drug-likeness (QED) is 0.679. The van der Waals surface area contributed by atoms with Crippen molar-refractivity contribution < 1.29 is 9.66 Å². The van der Waals surface area contributed by atoms with Crippen LogP contribution in [0, 0.1) is 27.4 Å². The van der Waals surface area contributed by atoms with E-state index in [1.807, 2.05) is 6.07 Å². The minimum Gasteiger partial charge on any atom is -0.381 e. The molecule has 2 unspecified atom stereocenters. The van der Waals surface area contributed by atoms with Crippen LogP contribution < -0.4 is 5.32 Å². The minimum atomic E-state index is -0.492. The molecule has 1 saturated heterocycles. The van der Waals surface area contributed by atoms with Crippen molar-refractivity contribution in [1.29, 1.82) is 5.26 Å². The third kappa shape index (κ3) is 3.70. The zero-order chi connectivity index (χ0) is 15.4. The van der Waals surface area contributed by atoms with Crippen LogP contribution in [-0.4, -0.2) is 23.7 Å². The Hall–Kier alpha value is -2.13. The van der Waals surface area contributed by atoms with E-state index < -0.39 is 4.92 Å². The van der Waals surface area contributed by atoms with Gasteiger partial charge in [-0.1, -0.05) is 13.8 Å². The maximum Gasteiger partial charge on any atom is 0.270 e. The monoisotopic (exact) mass is 289 g/mol. The summed E-state index contributed by atoms with van der Waals surface area (Å²) in [6.07, 6.45) is 1.95. The number of nitrogens with zero attached hydrogens (tertiary/aromatic N) is 2. The molecule has 1 N–H and O–H groups in total. The molecule has 0 spiro atoms. The first kappa shape index (κ1) is 15.3. The fraction of sp³-hybridized carbons (Fsp3) is 0.533. The zero-order valence-corrected chi connectivity index (χ0v) is 12.2. The topological polar surface area (TPSA) is 88.2 Å². The van der Waals surface area contributed by atoms with E-state index in [9.17, 15) is 10.1 Å². The van der Waals surface area contributed by atoms with E-state index in [1.54, 1.807) is 6.07 Å². The highest BCUT2D eigenvalue weighted by Crippen LogP contribution is 2.26. The molecule has 1 aliphatic heterocycles. The van der Waals surface area contributed by atoms with E-state index >= 15 is 0 Å². The minimum absolute atomic E-state index is 0.0656. The van der Waals surface area contributed by atoms with Gasteiger partial charge in [0.15, 0.2) is 0 Å². The van der Waals surface area contributed by atoms with Crippen LogP contribution in [0.2, 0.25) is 0 Å². The SMILES string of the molecule is CC(C)C1CC(Nc2ccc([N+](=O)[O-])cc2C#N)CCO1. The lowest BCUT2D eigenvalue weighted by Crippen LogP contribution is -2.36. The third-order valence-corrected chi connectivity index (χ3v) is 3.75. The number of nitro benzene ring substituents is 1. The Morgan fingerprint density at radius 3 is 2.90 bits per heavy atom. The number of nitrogens with one attached hydrogen (secondary N) is 1. The zero-order valence-electron chi connectivity index (χ0n) is 12.2. The molecular weight excluding hydrogens is 270 g/mol. The number of benzene rings is 1. The standard InChI is InChI=1S/C15H19N3O3/c1-10(2)15-8-12(5-6-21-15)17-14-4-3-13(18(19)20)7-11(14)9-16/h3-4,7,10,12,15,17H,5-6,8H2,1-2H3. The molecule has 0 aliphatic carbocycles. The van der Waals surface area contributed by atoms with Gasteiger partial charge >= 0.3 is 0 Å². The second-order valence-corrected chi connectivity index (χ2v) is 5.62. The second kappa shape index (κ2) is 6.55. The normalized spacial score (nSPS) is 21.8. The predicted molar refractivity (Wildman–Crippen MR) is 79.0 cm³/mol. The van der Waals surface area contributed by atoms with Gasteiger partial charge in [-0.05, 0) is 24.8 Å². The summed E-state index contributed by atoms with van der Waals surface area (Å²) < 4.78 is 5.72. The Morgan fingerprint density at radius 1 is 1.52 bits per heavy atom. The average Bonchev–Trinajstić information content (AvgIpc) is 2.47. The summed E-state index contributed by atoms with van der Waals surface area (Å²) in [4.78, 5) is 10.3. The Balaban J connectivity index is 2.12. The molecule has 0 radical (unpaired) electrons. The van der Waals surface area contributed by atoms with Gasteiger partial charge in [-0.25, -0.2) is 0 Å². The van der Waals surface area contributed by atoms with Gasteiger partial charge < -0.3 is 10.1 Å². The number of rotatable bonds is 4. The number of anilines is 1. The molecule has 1 fully saturated rings. The van der Waals surface area contributed by atoms with Crippen LogP contribution in [0.15, 0.2) is 18.2 Å². The molecule has 21 heavy (non-hydrogen) atoms.